The number of aryl methyl sites for hydroxylation is 3. The summed E-state index contributed by atoms with van der Waals surface area (Å²) in [4.78, 5) is 0. The van der Waals surface area contributed by atoms with E-state index in [-0.39, 0.29) is 8.08 Å². The minimum absolute atomic E-state index is 0.0818. The van der Waals surface area contributed by atoms with Gasteiger partial charge in [-0.15, -0.1) is 0 Å². The Bertz CT molecular complexity index is 326. The van der Waals surface area contributed by atoms with E-state index < -0.39 is 0 Å². The molecule has 1 aromatic carbocycles. The summed E-state index contributed by atoms with van der Waals surface area (Å²) in [6.45, 7) is 6.15. The Hall–Kier alpha value is -0.680. The normalized spacial score (nSPS) is 9.58. The van der Waals surface area contributed by atoms with Crippen molar-refractivity contribution < 1.29 is 4.57 Å². The molecule has 0 atom stereocenters. The van der Waals surface area contributed by atoms with Gasteiger partial charge >= 0.3 is 73.6 Å². The summed E-state index contributed by atoms with van der Waals surface area (Å²) in [7, 11) is 0.0818. The van der Waals surface area contributed by atoms with E-state index in [9.17, 15) is 4.57 Å². The van der Waals surface area contributed by atoms with E-state index in [1.165, 1.54) is 16.7 Å². The van der Waals surface area contributed by atoms with Crippen molar-refractivity contribution in [1.82, 2.24) is 0 Å². The van der Waals surface area contributed by atoms with Gasteiger partial charge in [0.2, 0.25) is 0 Å². The Morgan fingerprint density at radius 3 is 2.08 bits per heavy atom. The second-order valence-electron chi connectivity index (χ2n) is 3.05. The Kier molecular flexibility index (Phi) is 2.99. The van der Waals surface area contributed by atoms with Crippen molar-refractivity contribution >= 4 is 13.9 Å². The third-order valence-corrected chi connectivity index (χ3v) is 2.28. The number of hydrogen-bond donors (Lipinski definition) is 0. The van der Waals surface area contributed by atoms with Crippen molar-refractivity contribution in [3.63, 3.8) is 0 Å². The Morgan fingerprint density at radius 2 is 1.67 bits per heavy atom. The molecule has 2 heteroatoms. The number of rotatable bonds is 1. The zero-order valence-electron chi connectivity index (χ0n) is 7.59. The molecule has 0 aromatic heterocycles. The van der Waals surface area contributed by atoms with Crippen molar-refractivity contribution in [3.05, 3.63) is 34.4 Å². The average Bonchev–Trinajstić information content (AvgIpc) is 1.96. The van der Waals surface area contributed by atoms with E-state index in [4.69, 9.17) is 0 Å². The fourth-order valence-corrected chi connectivity index (χ4v) is 1.96. The SMILES string of the molecule is Cc1cc(C)c(C=[P+]=O)c(C)c1. The van der Waals surface area contributed by atoms with Crippen LogP contribution >= 0.6 is 8.08 Å². The Balaban J connectivity index is 3.37. The Morgan fingerprint density at radius 1 is 1.17 bits per heavy atom. The molecule has 0 saturated heterocycles. The van der Waals surface area contributed by atoms with Crippen molar-refractivity contribution in [3.8, 4) is 0 Å². The van der Waals surface area contributed by atoms with Gasteiger partial charge in [0.15, 0.2) is 0 Å². The molecule has 0 spiro atoms. The van der Waals surface area contributed by atoms with Crippen LogP contribution in [0.15, 0.2) is 12.1 Å². The zero-order chi connectivity index (χ0) is 9.14. The van der Waals surface area contributed by atoms with Gasteiger partial charge in [-0.3, -0.25) is 0 Å². The molecule has 0 aliphatic heterocycles. The molecule has 0 saturated carbocycles. The van der Waals surface area contributed by atoms with Gasteiger partial charge in [0.1, 0.15) is 0 Å². The van der Waals surface area contributed by atoms with Crippen molar-refractivity contribution in [1.29, 1.82) is 0 Å². The summed E-state index contributed by atoms with van der Waals surface area (Å²) in [5.41, 5.74) is 4.73. The predicted octanol–water partition coefficient (Wildman–Crippen LogP) is 3.05. The fraction of sp³-hybridized carbons (Fsp3) is 0.300. The van der Waals surface area contributed by atoms with Crippen molar-refractivity contribution in [2.75, 3.05) is 0 Å². The molecule has 0 unspecified atom stereocenters. The predicted molar refractivity (Wildman–Crippen MR) is 53.4 cm³/mol. The molecule has 62 valence electrons. The average molecular weight is 179 g/mol. The molecular formula is C10H12OP+. The van der Waals surface area contributed by atoms with Gasteiger partial charge in [-0.1, -0.05) is 0 Å². The summed E-state index contributed by atoms with van der Waals surface area (Å²) < 4.78 is 10.4. The van der Waals surface area contributed by atoms with Gasteiger partial charge in [0, 0.05) is 0 Å². The van der Waals surface area contributed by atoms with Crippen LogP contribution in [0.3, 0.4) is 0 Å². The summed E-state index contributed by atoms with van der Waals surface area (Å²) >= 11 is 0. The molecule has 0 aliphatic rings. The molecule has 1 aromatic rings. The van der Waals surface area contributed by atoms with E-state index in [1.807, 2.05) is 13.8 Å². The monoisotopic (exact) mass is 179 g/mol. The molecule has 0 N–H and O–H groups in total. The van der Waals surface area contributed by atoms with Gasteiger partial charge in [-0.25, -0.2) is 0 Å². The van der Waals surface area contributed by atoms with Gasteiger partial charge < -0.3 is 0 Å². The first kappa shape index (κ1) is 9.41. The van der Waals surface area contributed by atoms with Crippen LogP contribution in [0.1, 0.15) is 22.3 Å². The molecule has 0 radical (unpaired) electrons. The van der Waals surface area contributed by atoms with Crippen LogP contribution in [-0.2, 0) is 4.57 Å². The van der Waals surface area contributed by atoms with Crippen molar-refractivity contribution in [2.45, 2.75) is 20.8 Å². The molecule has 0 fully saturated rings. The first-order valence-electron chi connectivity index (χ1n) is 3.88. The van der Waals surface area contributed by atoms with Crippen LogP contribution in [0.2, 0.25) is 0 Å². The quantitative estimate of drug-likeness (QED) is 0.605. The van der Waals surface area contributed by atoms with Crippen LogP contribution in [0, 0.1) is 20.8 Å². The maximum absolute atomic E-state index is 10.4. The molecule has 12 heavy (non-hydrogen) atoms. The van der Waals surface area contributed by atoms with Crippen molar-refractivity contribution in [2.24, 2.45) is 0 Å². The van der Waals surface area contributed by atoms with Crippen LogP contribution in [0.25, 0.3) is 0 Å². The van der Waals surface area contributed by atoms with E-state index in [0.717, 1.165) is 5.56 Å². The number of benzene rings is 1. The third kappa shape index (κ3) is 1.92. The summed E-state index contributed by atoms with van der Waals surface area (Å²) in [5, 5.41) is 0. The van der Waals surface area contributed by atoms with E-state index in [1.54, 1.807) is 5.80 Å². The fourth-order valence-electron chi connectivity index (χ4n) is 1.45. The maximum atomic E-state index is 10.4. The molecule has 0 bridgehead atoms. The van der Waals surface area contributed by atoms with Gasteiger partial charge in [-0.05, 0) is 0 Å². The van der Waals surface area contributed by atoms with E-state index in [0.29, 0.717) is 0 Å². The van der Waals surface area contributed by atoms with Crippen LogP contribution < -0.4 is 0 Å². The summed E-state index contributed by atoms with van der Waals surface area (Å²) in [6.07, 6.45) is 0. The summed E-state index contributed by atoms with van der Waals surface area (Å²) in [5.74, 6) is 1.71. The van der Waals surface area contributed by atoms with Gasteiger partial charge in [0.05, 0.1) is 0 Å². The summed E-state index contributed by atoms with van der Waals surface area (Å²) in [6, 6.07) is 4.20. The standard InChI is InChI=1S/C10H12OP/c1-7-4-8(2)10(6-12-11)9(3)5-7/h4-6H,1-3H3/q+1. The second kappa shape index (κ2) is 3.82. The molecule has 0 amide bonds. The number of hydrogen-bond acceptors (Lipinski definition) is 1. The van der Waals surface area contributed by atoms with Crippen LogP contribution in [0.5, 0.6) is 0 Å². The topological polar surface area (TPSA) is 17.1 Å². The first-order valence-corrected chi connectivity index (χ1v) is 4.77. The molecule has 0 aliphatic carbocycles. The second-order valence-corrected chi connectivity index (χ2v) is 3.52. The minimum atomic E-state index is 0.0818. The van der Waals surface area contributed by atoms with Crippen LogP contribution in [0.4, 0.5) is 0 Å². The molecular weight excluding hydrogens is 167 g/mol. The first-order chi connectivity index (χ1) is 5.65. The zero-order valence-corrected chi connectivity index (χ0v) is 8.48. The molecule has 0 heterocycles. The van der Waals surface area contributed by atoms with Gasteiger partial charge in [-0.2, -0.15) is 0 Å². The molecule has 1 rings (SSSR count). The molecule has 1 nitrogen and oxygen atoms in total. The van der Waals surface area contributed by atoms with E-state index in [2.05, 4.69) is 19.1 Å². The van der Waals surface area contributed by atoms with Crippen LogP contribution in [-0.4, -0.2) is 5.80 Å². The third-order valence-electron chi connectivity index (χ3n) is 1.92. The van der Waals surface area contributed by atoms with Gasteiger partial charge in [0.25, 0.3) is 0 Å². The van der Waals surface area contributed by atoms with E-state index >= 15 is 0 Å². The Labute approximate surface area is 74.3 Å².